The van der Waals surface area contributed by atoms with E-state index in [1.165, 1.54) is 12.6 Å². The standard InChI is InChI=1S/C20H26N2O3.3C2H6.CH5N/c1-21-15-11-12(25-2)6-7-14(15)20-8-4-10-22-9-3-5-13(18(20)22)16(23)17(24)19(20)21;4*1-2/h3,5-7,11,13,16-19,23-24H,4,8-10H2,1-2H3;3*1-2H3;2H2,1H3. The molecule has 33 heavy (non-hydrogen) atoms. The van der Waals surface area contributed by atoms with Crippen LogP contribution in [0.15, 0.2) is 30.4 Å². The van der Waals surface area contributed by atoms with Crippen LogP contribution in [0.25, 0.3) is 0 Å². The van der Waals surface area contributed by atoms with Crippen LogP contribution in [0.2, 0.25) is 0 Å². The van der Waals surface area contributed by atoms with Crippen LogP contribution in [0.4, 0.5) is 5.69 Å². The Morgan fingerprint density at radius 2 is 1.64 bits per heavy atom. The molecule has 0 amide bonds. The Hall–Kier alpha value is -1.60. The van der Waals surface area contributed by atoms with Crippen molar-refractivity contribution >= 4 is 5.69 Å². The summed E-state index contributed by atoms with van der Waals surface area (Å²) in [4.78, 5) is 4.70. The second-order valence-corrected chi connectivity index (χ2v) is 8.01. The van der Waals surface area contributed by atoms with Gasteiger partial charge in [0.05, 0.1) is 19.3 Å². The van der Waals surface area contributed by atoms with Gasteiger partial charge in [-0.25, -0.2) is 0 Å². The highest BCUT2D eigenvalue weighted by atomic mass is 16.5. The normalized spacial score (nSPS) is 32.5. The molecule has 4 aliphatic rings. The van der Waals surface area contributed by atoms with Crippen molar-refractivity contribution in [1.82, 2.24) is 4.90 Å². The van der Waals surface area contributed by atoms with Crippen LogP contribution in [-0.4, -0.2) is 73.7 Å². The minimum atomic E-state index is -0.757. The molecule has 4 N–H and O–H groups in total. The average Bonchev–Trinajstić information content (AvgIpc) is 3.15. The monoisotopic (exact) mass is 463 g/mol. The highest BCUT2D eigenvalue weighted by Gasteiger charge is 2.66. The van der Waals surface area contributed by atoms with Gasteiger partial charge in [-0.15, -0.1) is 0 Å². The van der Waals surface area contributed by atoms with Crippen molar-refractivity contribution < 1.29 is 14.9 Å². The minimum absolute atomic E-state index is 0.0123. The smallest absolute Gasteiger partial charge is 0.120 e. The topological polar surface area (TPSA) is 82.2 Å². The van der Waals surface area contributed by atoms with Gasteiger partial charge in [0.2, 0.25) is 0 Å². The van der Waals surface area contributed by atoms with E-state index in [0.717, 1.165) is 37.4 Å². The van der Waals surface area contributed by atoms with Gasteiger partial charge in [-0.1, -0.05) is 59.8 Å². The Morgan fingerprint density at radius 3 is 2.24 bits per heavy atom. The van der Waals surface area contributed by atoms with Gasteiger partial charge in [0.25, 0.3) is 0 Å². The Bertz CT molecular complexity index is 741. The van der Waals surface area contributed by atoms with E-state index < -0.39 is 12.2 Å². The van der Waals surface area contributed by atoms with Crippen molar-refractivity contribution in [3.63, 3.8) is 0 Å². The summed E-state index contributed by atoms with van der Waals surface area (Å²) in [5.41, 5.74) is 6.80. The van der Waals surface area contributed by atoms with Crippen LogP contribution >= 0.6 is 0 Å². The zero-order valence-electron chi connectivity index (χ0n) is 22.4. The van der Waals surface area contributed by atoms with Gasteiger partial charge >= 0.3 is 0 Å². The molecular weight excluding hydrogens is 414 g/mol. The fourth-order valence-corrected chi connectivity index (χ4v) is 6.28. The molecular formula is C27H49N3O3. The summed E-state index contributed by atoms with van der Waals surface area (Å²) >= 11 is 0. The van der Waals surface area contributed by atoms with Gasteiger partial charge in [-0.3, -0.25) is 4.90 Å². The van der Waals surface area contributed by atoms with Gasteiger partial charge in [-0.05, 0) is 38.1 Å². The molecule has 2 fully saturated rings. The van der Waals surface area contributed by atoms with Crippen LogP contribution < -0.4 is 15.4 Å². The highest BCUT2D eigenvalue weighted by Crippen LogP contribution is 2.59. The summed E-state index contributed by atoms with van der Waals surface area (Å²) < 4.78 is 5.44. The number of aliphatic hydroxyl groups is 2. The maximum absolute atomic E-state index is 11.1. The van der Waals surface area contributed by atoms with E-state index in [0.29, 0.717) is 0 Å². The Balaban J connectivity index is 0.000000619. The lowest BCUT2D eigenvalue weighted by atomic mass is 9.54. The van der Waals surface area contributed by atoms with Gasteiger partial charge < -0.3 is 25.6 Å². The van der Waals surface area contributed by atoms with Crippen molar-refractivity contribution in [1.29, 1.82) is 0 Å². The van der Waals surface area contributed by atoms with Crippen molar-refractivity contribution in [2.45, 2.75) is 84.1 Å². The molecule has 6 unspecified atom stereocenters. The fraction of sp³-hybridized carbons (Fsp3) is 0.704. The predicted octanol–water partition coefficient (Wildman–Crippen LogP) is 3.79. The molecule has 6 heteroatoms. The van der Waals surface area contributed by atoms with Crippen LogP contribution in [0.1, 0.15) is 59.9 Å². The minimum Gasteiger partial charge on any atom is -0.497 e. The Labute approximate surface area is 202 Å². The van der Waals surface area contributed by atoms with Crippen molar-refractivity contribution in [3.8, 4) is 5.75 Å². The summed E-state index contributed by atoms with van der Waals surface area (Å²) in [5.74, 6) is 0.824. The van der Waals surface area contributed by atoms with Crippen LogP contribution in [0.3, 0.4) is 0 Å². The van der Waals surface area contributed by atoms with Crippen LogP contribution in [0.5, 0.6) is 5.75 Å². The second kappa shape index (κ2) is 13.3. The van der Waals surface area contributed by atoms with E-state index in [9.17, 15) is 10.2 Å². The number of nitrogens with zero attached hydrogens (tertiary/aromatic N) is 2. The number of hydrogen-bond acceptors (Lipinski definition) is 6. The molecule has 3 aliphatic heterocycles. The number of piperidine rings is 1. The summed E-state index contributed by atoms with van der Waals surface area (Å²) in [6.45, 7) is 14.0. The molecule has 5 rings (SSSR count). The molecule has 190 valence electrons. The lowest BCUT2D eigenvalue weighted by molar-refractivity contribution is -0.124. The molecule has 1 aromatic rings. The number of hydrogen-bond donors (Lipinski definition) is 3. The van der Waals surface area contributed by atoms with E-state index in [1.54, 1.807) is 7.11 Å². The molecule has 1 saturated heterocycles. The number of nitrogens with two attached hydrogens (primary N) is 1. The molecule has 1 aromatic carbocycles. The molecule has 1 saturated carbocycles. The number of benzene rings is 1. The van der Waals surface area contributed by atoms with E-state index in [1.807, 2.05) is 54.7 Å². The molecule has 0 radical (unpaired) electrons. The lowest BCUT2D eigenvalue weighted by Crippen LogP contribution is -2.73. The maximum Gasteiger partial charge on any atom is 0.120 e. The number of fused-ring (bicyclic) bond motifs is 1. The number of ether oxygens (including phenoxy) is 1. The molecule has 6 atom stereocenters. The van der Waals surface area contributed by atoms with Crippen molar-refractivity contribution in [2.75, 3.05) is 39.2 Å². The first-order valence-corrected chi connectivity index (χ1v) is 12.9. The number of likely N-dealkylation sites (N-methyl/N-ethyl adjacent to an activating group) is 1. The lowest BCUT2D eigenvalue weighted by Gasteiger charge is -2.61. The first-order valence-electron chi connectivity index (χ1n) is 12.9. The van der Waals surface area contributed by atoms with E-state index >= 15 is 0 Å². The van der Waals surface area contributed by atoms with Crippen molar-refractivity contribution in [2.24, 2.45) is 11.7 Å². The second-order valence-electron chi connectivity index (χ2n) is 8.01. The fourth-order valence-electron chi connectivity index (χ4n) is 6.28. The molecule has 1 spiro atoms. The summed E-state index contributed by atoms with van der Waals surface area (Å²) in [5, 5.41) is 22.0. The van der Waals surface area contributed by atoms with Crippen LogP contribution in [0, 0.1) is 5.92 Å². The molecule has 6 nitrogen and oxygen atoms in total. The first-order chi connectivity index (χ1) is 16.1. The van der Waals surface area contributed by atoms with E-state index in [-0.39, 0.29) is 23.4 Å². The first kappa shape index (κ1) is 29.4. The van der Waals surface area contributed by atoms with Gasteiger partial charge in [0.1, 0.15) is 11.9 Å². The van der Waals surface area contributed by atoms with E-state index in [4.69, 9.17) is 4.74 Å². The summed E-state index contributed by atoms with van der Waals surface area (Å²) in [6.07, 6.45) is 4.99. The zero-order chi connectivity index (χ0) is 25.3. The number of rotatable bonds is 1. The third-order valence-electron chi connectivity index (χ3n) is 7.12. The largest absolute Gasteiger partial charge is 0.497 e. The summed E-state index contributed by atoms with van der Waals surface area (Å²) in [7, 11) is 5.23. The molecule has 0 aromatic heterocycles. The summed E-state index contributed by atoms with van der Waals surface area (Å²) in [6, 6.07) is 6.45. The maximum atomic E-state index is 11.1. The Morgan fingerprint density at radius 1 is 1.00 bits per heavy atom. The Kier molecular flexibility index (Phi) is 11.9. The number of anilines is 1. The van der Waals surface area contributed by atoms with Crippen molar-refractivity contribution in [3.05, 3.63) is 35.9 Å². The third-order valence-corrected chi connectivity index (χ3v) is 7.12. The SMILES string of the molecule is CC.CC.CC.CN.COc1ccc2c(c1)N(C)C1C(O)C(O)C3C=CCN4CCCC21C34. The molecule has 1 aliphatic carbocycles. The average molecular weight is 464 g/mol. The number of methoxy groups -OCH3 is 1. The molecule has 0 bridgehead atoms. The predicted molar refractivity (Wildman–Crippen MR) is 140 cm³/mol. The highest BCUT2D eigenvalue weighted by molar-refractivity contribution is 5.68. The van der Waals surface area contributed by atoms with Gasteiger partial charge in [0, 0.05) is 42.7 Å². The van der Waals surface area contributed by atoms with Crippen LogP contribution in [-0.2, 0) is 5.41 Å². The quantitative estimate of drug-likeness (QED) is 0.550. The third kappa shape index (κ3) is 4.68. The van der Waals surface area contributed by atoms with Gasteiger partial charge in [-0.2, -0.15) is 0 Å². The zero-order valence-corrected chi connectivity index (χ0v) is 22.4. The van der Waals surface area contributed by atoms with E-state index in [2.05, 4.69) is 39.8 Å². The van der Waals surface area contributed by atoms with Gasteiger partial charge in [0.15, 0.2) is 0 Å². The number of aliphatic hydroxyl groups excluding tert-OH is 2. The molecule has 3 heterocycles.